The summed E-state index contributed by atoms with van der Waals surface area (Å²) in [4.78, 5) is 0. The highest BCUT2D eigenvalue weighted by Crippen LogP contribution is 2.11. The van der Waals surface area contributed by atoms with E-state index in [4.69, 9.17) is 5.73 Å². The van der Waals surface area contributed by atoms with Crippen molar-refractivity contribution in [2.24, 2.45) is 5.73 Å². The van der Waals surface area contributed by atoms with Crippen LogP contribution < -0.4 is 5.73 Å². The number of unbranched alkanes of at least 4 members (excludes halogenated alkanes) is 6. The molecule has 1 unspecified atom stereocenters. The van der Waals surface area contributed by atoms with Crippen molar-refractivity contribution in [3.63, 3.8) is 0 Å². The Balaban J connectivity index is 3.09. The van der Waals surface area contributed by atoms with Crippen LogP contribution in [0.3, 0.4) is 0 Å². The van der Waals surface area contributed by atoms with Gasteiger partial charge in [-0.05, 0) is 13.3 Å². The van der Waals surface area contributed by atoms with E-state index in [1.54, 1.807) is 0 Å². The van der Waals surface area contributed by atoms with Crippen LogP contribution in [-0.2, 0) is 0 Å². The third-order valence-electron chi connectivity index (χ3n) is 2.75. The largest absolute Gasteiger partial charge is 0.324 e. The maximum absolute atomic E-state index is 5.88. The molecule has 2 N–H and O–H groups in total. The lowest BCUT2D eigenvalue weighted by molar-refractivity contribution is 0.554. The second-order valence-corrected chi connectivity index (χ2v) is 4.36. The molecule has 0 saturated carbocycles. The summed E-state index contributed by atoms with van der Waals surface area (Å²) in [6.07, 6.45) is 10.6. The maximum Gasteiger partial charge on any atom is 0.0248 e. The Labute approximate surface area is 89.8 Å². The zero-order chi connectivity index (χ0) is 10.8. The van der Waals surface area contributed by atoms with Crippen LogP contribution in [0.2, 0.25) is 0 Å². The first-order chi connectivity index (χ1) is 6.68. The summed E-state index contributed by atoms with van der Waals surface area (Å²) < 4.78 is 0. The predicted octanol–water partition coefficient (Wildman–Crippen LogP) is 4.03. The molecular formula is C13H27N. The Morgan fingerprint density at radius 2 is 1.57 bits per heavy atom. The number of rotatable bonds is 9. The number of nitrogens with two attached hydrogens (primary N) is 1. The van der Waals surface area contributed by atoms with Gasteiger partial charge in [-0.2, -0.15) is 0 Å². The van der Waals surface area contributed by atoms with Gasteiger partial charge in [-0.1, -0.05) is 64.0 Å². The molecule has 0 radical (unpaired) electrons. The van der Waals surface area contributed by atoms with Crippen LogP contribution in [0, 0.1) is 0 Å². The molecule has 0 aliphatic carbocycles. The Hall–Kier alpha value is -0.300. The lowest BCUT2D eigenvalue weighted by Gasteiger charge is -2.10. The second-order valence-electron chi connectivity index (χ2n) is 4.36. The molecule has 0 fully saturated rings. The zero-order valence-electron chi connectivity index (χ0n) is 10.0. The molecule has 0 aromatic carbocycles. The first-order valence-corrected chi connectivity index (χ1v) is 6.09. The molecule has 0 spiro atoms. The minimum atomic E-state index is 0.227. The van der Waals surface area contributed by atoms with Crippen molar-refractivity contribution >= 4 is 0 Å². The van der Waals surface area contributed by atoms with E-state index < -0.39 is 0 Å². The Kier molecular flexibility index (Phi) is 9.06. The maximum atomic E-state index is 5.88. The van der Waals surface area contributed by atoms with Crippen molar-refractivity contribution in [3.05, 3.63) is 12.2 Å². The van der Waals surface area contributed by atoms with Crippen LogP contribution in [0.4, 0.5) is 0 Å². The van der Waals surface area contributed by atoms with Gasteiger partial charge in [0.25, 0.3) is 0 Å². The highest BCUT2D eigenvalue weighted by molar-refractivity contribution is 4.99. The van der Waals surface area contributed by atoms with Gasteiger partial charge in [0.15, 0.2) is 0 Å². The third kappa shape index (κ3) is 8.31. The molecule has 0 bridgehead atoms. The summed E-state index contributed by atoms with van der Waals surface area (Å²) in [5, 5.41) is 0. The van der Waals surface area contributed by atoms with Gasteiger partial charge < -0.3 is 5.73 Å². The molecule has 84 valence electrons. The van der Waals surface area contributed by atoms with E-state index in [-0.39, 0.29) is 6.04 Å². The van der Waals surface area contributed by atoms with E-state index in [1.807, 2.05) is 6.92 Å². The van der Waals surface area contributed by atoms with Crippen molar-refractivity contribution in [2.45, 2.75) is 71.3 Å². The summed E-state index contributed by atoms with van der Waals surface area (Å²) in [5.41, 5.74) is 7.00. The highest BCUT2D eigenvalue weighted by Gasteiger charge is 2.01. The SMILES string of the molecule is C=C(C)C(N)CCCCCCCCC. The minimum Gasteiger partial charge on any atom is -0.324 e. The fourth-order valence-corrected chi connectivity index (χ4v) is 1.57. The first-order valence-electron chi connectivity index (χ1n) is 6.09. The molecule has 1 atom stereocenters. The van der Waals surface area contributed by atoms with Crippen molar-refractivity contribution in [3.8, 4) is 0 Å². The van der Waals surface area contributed by atoms with Crippen molar-refractivity contribution in [1.29, 1.82) is 0 Å². The van der Waals surface area contributed by atoms with Gasteiger partial charge in [0, 0.05) is 6.04 Å². The van der Waals surface area contributed by atoms with Crippen molar-refractivity contribution < 1.29 is 0 Å². The van der Waals surface area contributed by atoms with Gasteiger partial charge in [-0.15, -0.1) is 0 Å². The van der Waals surface area contributed by atoms with E-state index >= 15 is 0 Å². The van der Waals surface area contributed by atoms with Gasteiger partial charge in [0.2, 0.25) is 0 Å². The van der Waals surface area contributed by atoms with Crippen LogP contribution >= 0.6 is 0 Å². The monoisotopic (exact) mass is 197 g/mol. The van der Waals surface area contributed by atoms with Gasteiger partial charge in [0.1, 0.15) is 0 Å². The third-order valence-corrected chi connectivity index (χ3v) is 2.75. The van der Waals surface area contributed by atoms with Gasteiger partial charge in [0.05, 0.1) is 0 Å². The van der Waals surface area contributed by atoms with Gasteiger partial charge in [-0.3, -0.25) is 0 Å². The molecule has 1 nitrogen and oxygen atoms in total. The minimum absolute atomic E-state index is 0.227. The molecule has 0 aliphatic heterocycles. The van der Waals surface area contributed by atoms with E-state index in [0.717, 1.165) is 12.0 Å². The molecule has 0 aromatic rings. The summed E-state index contributed by atoms with van der Waals surface area (Å²) in [7, 11) is 0. The van der Waals surface area contributed by atoms with E-state index in [9.17, 15) is 0 Å². The zero-order valence-corrected chi connectivity index (χ0v) is 10.0. The van der Waals surface area contributed by atoms with Crippen LogP contribution in [0.15, 0.2) is 12.2 Å². The van der Waals surface area contributed by atoms with Crippen molar-refractivity contribution in [1.82, 2.24) is 0 Å². The summed E-state index contributed by atoms with van der Waals surface area (Å²) in [6, 6.07) is 0.227. The molecular weight excluding hydrogens is 170 g/mol. The quantitative estimate of drug-likeness (QED) is 0.438. The van der Waals surface area contributed by atoms with E-state index in [0.29, 0.717) is 0 Å². The second kappa shape index (κ2) is 9.26. The first kappa shape index (κ1) is 13.7. The average molecular weight is 197 g/mol. The molecule has 0 aliphatic rings. The van der Waals surface area contributed by atoms with E-state index in [1.165, 1.54) is 44.9 Å². The lowest BCUT2D eigenvalue weighted by Crippen LogP contribution is -2.20. The standard InChI is InChI=1S/C13H27N/c1-4-5-6-7-8-9-10-11-13(14)12(2)3/h13H,2,4-11,14H2,1,3H3. The molecule has 0 rings (SSSR count). The topological polar surface area (TPSA) is 26.0 Å². The number of hydrogen-bond acceptors (Lipinski definition) is 1. The molecule has 0 saturated heterocycles. The van der Waals surface area contributed by atoms with Crippen LogP contribution in [0.5, 0.6) is 0 Å². The van der Waals surface area contributed by atoms with Crippen LogP contribution in [0.1, 0.15) is 65.2 Å². The molecule has 0 heterocycles. The van der Waals surface area contributed by atoms with Crippen molar-refractivity contribution in [2.75, 3.05) is 0 Å². The molecule has 0 aromatic heterocycles. The Morgan fingerprint density at radius 1 is 1.07 bits per heavy atom. The molecule has 0 amide bonds. The van der Waals surface area contributed by atoms with Crippen LogP contribution in [0.25, 0.3) is 0 Å². The van der Waals surface area contributed by atoms with Gasteiger partial charge >= 0.3 is 0 Å². The summed E-state index contributed by atoms with van der Waals surface area (Å²) in [6.45, 7) is 8.15. The van der Waals surface area contributed by atoms with Gasteiger partial charge in [-0.25, -0.2) is 0 Å². The molecule has 1 heteroatoms. The normalized spacial score (nSPS) is 12.8. The van der Waals surface area contributed by atoms with E-state index in [2.05, 4.69) is 13.5 Å². The predicted molar refractivity (Wildman–Crippen MR) is 65.4 cm³/mol. The Morgan fingerprint density at radius 3 is 2.07 bits per heavy atom. The fourth-order valence-electron chi connectivity index (χ4n) is 1.57. The Bertz CT molecular complexity index is 140. The van der Waals surface area contributed by atoms with Crippen LogP contribution in [-0.4, -0.2) is 6.04 Å². The summed E-state index contributed by atoms with van der Waals surface area (Å²) in [5.74, 6) is 0. The lowest BCUT2D eigenvalue weighted by atomic mass is 10.0. The highest BCUT2D eigenvalue weighted by atomic mass is 14.6. The molecule has 14 heavy (non-hydrogen) atoms. The summed E-state index contributed by atoms with van der Waals surface area (Å²) >= 11 is 0. The average Bonchev–Trinajstić information content (AvgIpc) is 2.16. The number of hydrogen-bond donors (Lipinski definition) is 1. The smallest absolute Gasteiger partial charge is 0.0248 e. The fraction of sp³-hybridized carbons (Fsp3) is 0.846.